The molecule has 0 aliphatic carbocycles. The van der Waals surface area contributed by atoms with E-state index in [-0.39, 0.29) is 29.2 Å². The minimum atomic E-state index is -4.57. The molecule has 0 fully saturated rings. The molecule has 1 unspecified atom stereocenters. The molecule has 2 aromatic carbocycles. The Hall–Kier alpha value is -3.41. The minimum absolute atomic E-state index is 0.0329. The van der Waals surface area contributed by atoms with Gasteiger partial charge in [0.15, 0.2) is 0 Å². The van der Waals surface area contributed by atoms with E-state index < -0.39 is 39.4 Å². The van der Waals surface area contributed by atoms with E-state index in [9.17, 15) is 30.8 Å². The van der Waals surface area contributed by atoms with Crippen LogP contribution in [0.4, 0.5) is 23.2 Å². The van der Waals surface area contributed by atoms with Crippen molar-refractivity contribution in [1.82, 2.24) is 10.3 Å². The van der Waals surface area contributed by atoms with Crippen molar-refractivity contribution >= 4 is 21.6 Å². The van der Waals surface area contributed by atoms with E-state index in [0.29, 0.717) is 5.56 Å². The van der Waals surface area contributed by atoms with Crippen LogP contribution in [0.2, 0.25) is 0 Å². The van der Waals surface area contributed by atoms with Crippen LogP contribution in [-0.2, 0) is 27.5 Å². The summed E-state index contributed by atoms with van der Waals surface area (Å²) in [6.45, 7) is 1.38. The molecule has 1 amide bonds. The van der Waals surface area contributed by atoms with Gasteiger partial charge in [-0.15, -0.1) is 0 Å². The largest absolute Gasteiger partial charge is 0.445 e. The normalized spacial score (nSPS) is 12.9. The van der Waals surface area contributed by atoms with Crippen LogP contribution in [0.3, 0.4) is 0 Å². The van der Waals surface area contributed by atoms with Gasteiger partial charge in [0.25, 0.3) is 0 Å². The van der Waals surface area contributed by atoms with Gasteiger partial charge in [0.2, 0.25) is 21.8 Å². The number of rotatable bonds is 7. The number of aromatic nitrogens is 1. The van der Waals surface area contributed by atoms with Crippen LogP contribution in [0.1, 0.15) is 29.5 Å². The number of carbonyl (C=O) groups excluding carboxylic acids is 1. The van der Waals surface area contributed by atoms with Gasteiger partial charge in [-0.3, -0.25) is 9.52 Å². The fraction of sp³-hybridized carbons (Fsp3) is 0.238. The summed E-state index contributed by atoms with van der Waals surface area (Å²) >= 11 is 0. The number of halogens is 4. The number of anilines is 1. The number of hydrogen-bond acceptors (Lipinski definition) is 5. The first-order valence-electron chi connectivity index (χ1n) is 9.50. The third-order valence-electron chi connectivity index (χ3n) is 4.73. The quantitative estimate of drug-likeness (QED) is 0.486. The maximum atomic E-state index is 14.2. The van der Waals surface area contributed by atoms with E-state index in [1.807, 2.05) is 4.72 Å². The lowest BCUT2D eigenvalue weighted by Gasteiger charge is -2.16. The smallest absolute Gasteiger partial charge is 0.416 e. The number of hydrogen-bond donors (Lipinski definition) is 2. The summed E-state index contributed by atoms with van der Waals surface area (Å²) in [6, 6.07) is 6.63. The number of carbonyl (C=O) groups is 1. The van der Waals surface area contributed by atoms with Gasteiger partial charge in [-0.05, 0) is 42.3 Å². The fourth-order valence-electron chi connectivity index (χ4n) is 3.03. The van der Waals surface area contributed by atoms with Crippen LogP contribution < -0.4 is 10.0 Å². The van der Waals surface area contributed by atoms with E-state index in [1.165, 1.54) is 37.6 Å². The molecule has 0 bridgehead atoms. The zero-order chi connectivity index (χ0) is 24.4. The Balaban J connectivity index is 1.77. The van der Waals surface area contributed by atoms with Crippen LogP contribution >= 0.6 is 0 Å². The zero-order valence-electron chi connectivity index (χ0n) is 17.4. The average Bonchev–Trinajstić information content (AvgIpc) is 3.26. The first kappa shape index (κ1) is 24.2. The summed E-state index contributed by atoms with van der Waals surface area (Å²) in [5.74, 6) is -2.23. The molecule has 0 saturated heterocycles. The molecule has 176 valence electrons. The third kappa shape index (κ3) is 6.09. The summed E-state index contributed by atoms with van der Waals surface area (Å²) in [5, 5.41) is 2.61. The summed E-state index contributed by atoms with van der Waals surface area (Å²) in [5.41, 5.74) is -0.453. The molecule has 1 atom stereocenters. The predicted molar refractivity (Wildman–Crippen MR) is 112 cm³/mol. The second kappa shape index (κ2) is 9.22. The molecular weight excluding hydrogens is 466 g/mol. The van der Waals surface area contributed by atoms with Crippen molar-refractivity contribution in [2.45, 2.75) is 25.6 Å². The molecule has 12 heteroatoms. The van der Waals surface area contributed by atoms with Crippen LogP contribution in [0.15, 0.2) is 53.3 Å². The van der Waals surface area contributed by atoms with Crippen molar-refractivity contribution in [2.75, 3.05) is 11.0 Å². The molecule has 3 aromatic rings. The summed E-state index contributed by atoms with van der Waals surface area (Å²) < 4.78 is 83.3. The summed E-state index contributed by atoms with van der Waals surface area (Å²) in [7, 11) is -3.68. The standard InChI is InChI=1S/C21H19F4N3O4S/c1-12(13-4-6-18(17(22)9-13)28-33(2,30)31)19(29)27-11-14-3-5-15(21(23,24)25)10-16(14)20-26-7-8-32-20/h3-10,12,28H,11H2,1-2H3,(H,27,29). The highest BCUT2D eigenvalue weighted by Crippen LogP contribution is 2.33. The topological polar surface area (TPSA) is 101 Å². The minimum Gasteiger partial charge on any atom is -0.445 e. The van der Waals surface area contributed by atoms with E-state index in [4.69, 9.17) is 4.42 Å². The van der Waals surface area contributed by atoms with E-state index in [0.717, 1.165) is 24.5 Å². The Bertz CT molecular complexity index is 1260. The monoisotopic (exact) mass is 485 g/mol. The summed E-state index contributed by atoms with van der Waals surface area (Å²) in [6.07, 6.45) is -1.18. The zero-order valence-corrected chi connectivity index (χ0v) is 18.2. The average molecular weight is 485 g/mol. The van der Waals surface area contributed by atoms with Gasteiger partial charge in [-0.2, -0.15) is 13.2 Å². The number of amides is 1. The molecule has 0 radical (unpaired) electrons. The second-order valence-corrected chi connectivity index (χ2v) is 9.01. The molecule has 1 heterocycles. The van der Waals surface area contributed by atoms with Gasteiger partial charge in [0.05, 0.1) is 29.6 Å². The van der Waals surface area contributed by atoms with Crippen molar-refractivity contribution in [1.29, 1.82) is 0 Å². The Kier molecular flexibility index (Phi) is 6.77. The first-order chi connectivity index (χ1) is 15.3. The Labute approximate surface area is 186 Å². The fourth-order valence-corrected chi connectivity index (χ4v) is 3.60. The lowest BCUT2D eigenvalue weighted by Crippen LogP contribution is -2.28. The van der Waals surface area contributed by atoms with E-state index in [2.05, 4.69) is 10.3 Å². The molecule has 0 aliphatic heterocycles. The van der Waals surface area contributed by atoms with Crippen molar-refractivity contribution < 1.29 is 35.2 Å². The molecule has 3 rings (SSSR count). The van der Waals surface area contributed by atoms with Crippen LogP contribution in [0, 0.1) is 5.82 Å². The predicted octanol–water partition coefficient (Wildman–Crippen LogP) is 4.29. The van der Waals surface area contributed by atoms with E-state index >= 15 is 0 Å². The number of nitrogens with zero attached hydrogens (tertiary/aromatic N) is 1. The number of benzene rings is 2. The molecule has 1 aromatic heterocycles. The lowest BCUT2D eigenvalue weighted by molar-refractivity contribution is -0.137. The van der Waals surface area contributed by atoms with Gasteiger partial charge in [-0.25, -0.2) is 17.8 Å². The molecule has 7 nitrogen and oxygen atoms in total. The van der Waals surface area contributed by atoms with Gasteiger partial charge >= 0.3 is 6.18 Å². The van der Waals surface area contributed by atoms with Crippen LogP contribution in [0.25, 0.3) is 11.5 Å². The van der Waals surface area contributed by atoms with E-state index in [1.54, 1.807) is 0 Å². The van der Waals surface area contributed by atoms with Crippen molar-refractivity contribution in [2.24, 2.45) is 0 Å². The maximum absolute atomic E-state index is 14.2. The molecule has 0 aliphatic rings. The third-order valence-corrected chi connectivity index (χ3v) is 5.33. The molecular formula is C21H19F4N3O4S. The van der Waals surface area contributed by atoms with Gasteiger partial charge in [0.1, 0.15) is 12.1 Å². The summed E-state index contributed by atoms with van der Waals surface area (Å²) in [4.78, 5) is 16.5. The highest BCUT2D eigenvalue weighted by Gasteiger charge is 2.31. The second-order valence-electron chi connectivity index (χ2n) is 7.26. The lowest BCUT2D eigenvalue weighted by atomic mass is 9.99. The van der Waals surface area contributed by atoms with Crippen LogP contribution in [-0.4, -0.2) is 25.6 Å². The SMILES string of the molecule is CC(C(=O)NCc1ccc(C(F)(F)F)cc1-c1ncco1)c1ccc(NS(C)(=O)=O)c(F)c1. The highest BCUT2D eigenvalue weighted by molar-refractivity contribution is 7.92. The van der Waals surface area contributed by atoms with Crippen LogP contribution in [0.5, 0.6) is 0 Å². The maximum Gasteiger partial charge on any atom is 0.416 e. The molecule has 0 saturated carbocycles. The Morgan fingerprint density at radius 2 is 1.91 bits per heavy atom. The van der Waals surface area contributed by atoms with Gasteiger partial charge in [0, 0.05) is 12.1 Å². The molecule has 2 N–H and O–H groups in total. The Morgan fingerprint density at radius 1 is 1.18 bits per heavy atom. The number of nitrogens with one attached hydrogen (secondary N) is 2. The van der Waals surface area contributed by atoms with Gasteiger partial charge < -0.3 is 9.73 Å². The number of sulfonamides is 1. The van der Waals surface area contributed by atoms with Crippen molar-refractivity contribution in [3.63, 3.8) is 0 Å². The number of alkyl halides is 3. The Morgan fingerprint density at radius 3 is 2.48 bits per heavy atom. The van der Waals surface area contributed by atoms with Crippen molar-refractivity contribution in [3.8, 4) is 11.5 Å². The number of oxazole rings is 1. The molecule has 0 spiro atoms. The first-order valence-corrected chi connectivity index (χ1v) is 11.4. The molecule has 33 heavy (non-hydrogen) atoms. The van der Waals surface area contributed by atoms with Gasteiger partial charge in [-0.1, -0.05) is 12.1 Å². The van der Waals surface area contributed by atoms with Crippen molar-refractivity contribution in [3.05, 3.63) is 71.4 Å². The highest BCUT2D eigenvalue weighted by atomic mass is 32.2.